The van der Waals surface area contributed by atoms with Crippen molar-refractivity contribution in [1.82, 2.24) is 4.72 Å². The van der Waals surface area contributed by atoms with Gasteiger partial charge in [0.05, 0.1) is 12.7 Å². The monoisotopic (exact) mass is 393 g/mol. The van der Waals surface area contributed by atoms with E-state index in [0.29, 0.717) is 24.1 Å². The lowest BCUT2D eigenvalue weighted by molar-refractivity contribution is -0.185. The van der Waals surface area contributed by atoms with E-state index in [0.717, 1.165) is 23.0 Å². The van der Waals surface area contributed by atoms with Gasteiger partial charge in [-0.2, -0.15) is 0 Å². The van der Waals surface area contributed by atoms with Gasteiger partial charge in [-0.3, -0.25) is 0 Å². The van der Waals surface area contributed by atoms with Crippen LogP contribution in [0, 0.1) is 37.5 Å². The van der Waals surface area contributed by atoms with E-state index in [-0.39, 0.29) is 10.5 Å². The molecule has 0 radical (unpaired) electrons. The zero-order chi connectivity index (χ0) is 19.4. The summed E-state index contributed by atoms with van der Waals surface area (Å²) in [7, 11) is -0.410. The third-order valence-electron chi connectivity index (χ3n) is 7.51. The Kier molecular flexibility index (Phi) is 4.80. The van der Waals surface area contributed by atoms with Crippen molar-refractivity contribution in [3.05, 3.63) is 23.3 Å². The number of hydrogen-bond acceptors (Lipinski definition) is 4. The molecule has 0 amide bonds. The SMILES string of the molecule is COc1cc(C)c(C)cc1S(=O)(=O)NCC1(OC)C2CC3CC(C2)CC1C3. The Morgan fingerprint density at radius 3 is 2.07 bits per heavy atom. The second-order valence-electron chi connectivity index (χ2n) is 8.88. The van der Waals surface area contributed by atoms with E-state index < -0.39 is 10.0 Å². The summed E-state index contributed by atoms with van der Waals surface area (Å²) in [5.41, 5.74) is 1.58. The predicted octanol–water partition coefficient (Wildman–Crippen LogP) is 3.43. The normalized spacial score (nSPS) is 34.8. The zero-order valence-corrected chi connectivity index (χ0v) is 17.6. The highest BCUT2D eigenvalue weighted by molar-refractivity contribution is 7.89. The minimum absolute atomic E-state index is 0.211. The molecule has 4 saturated carbocycles. The highest BCUT2D eigenvalue weighted by atomic mass is 32.2. The molecule has 0 aliphatic heterocycles. The van der Waals surface area contributed by atoms with Crippen LogP contribution in [-0.2, 0) is 14.8 Å². The fourth-order valence-electron chi connectivity index (χ4n) is 6.09. The molecule has 0 aromatic heterocycles. The summed E-state index contributed by atoms with van der Waals surface area (Å²) in [6.07, 6.45) is 6.06. The van der Waals surface area contributed by atoms with Gasteiger partial charge >= 0.3 is 0 Å². The average molecular weight is 394 g/mol. The zero-order valence-electron chi connectivity index (χ0n) is 16.7. The van der Waals surface area contributed by atoms with Crippen molar-refractivity contribution in [3.8, 4) is 5.75 Å². The predicted molar refractivity (Wildman–Crippen MR) is 104 cm³/mol. The number of benzene rings is 1. The maximum Gasteiger partial charge on any atom is 0.244 e. The van der Waals surface area contributed by atoms with Gasteiger partial charge in [-0.1, -0.05) is 0 Å². The second-order valence-corrected chi connectivity index (χ2v) is 10.6. The molecule has 4 aliphatic rings. The van der Waals surface area contributed by atoms with Gasteiger partial charge in [0, 0.05) is 13.7 Å². The number of rotatable bonds is 6. The van der Waals surface area contributed by atoms with Gasteiger partial charge in [0.25, 0.3) is 0 Å². The largest absolute Gasteiger partial charge is 0.495 e. The summed E-state index contributed by atoms with van der Waals surface area (Å²) < 4.78 is 40.6. The van der Waals surface area contributed by atoms with Crippen LogP contribution in [0.25, 0.3) is 0 Å². The van der Waals surface area contributed by atoms with Crippen molar-refractivity contribution >= 4 is 10.0 Å². The van der Waals surface area contributed by atoms with Crippen LogP contribution in [0.2, 0.25) is 0 Å². The molecule has 0 atom stereocenters. The van der Waals surface area contributed by atoms with Crippen LogP contribution < -0.4 is 9.46 Å². The Morgan fingerprint density at radius 1 is 1.00 bits per heavy atom. The molecule has 1 aromatic carbocycles. The maximum atomic E-state index is 13.1. The lowest BCUT2D eigenvalue weighted by Gasteiger charge is -2.60. The molecular formula is C21H31NO4S. The van der Waals surface area contributed by atoms with Gasteiger partial charge in [-0.05, 0) is 92.9 Å². The number of aryl methyl sites for hydroxylation is 2. The van der Waals surface area contributed by atoms with Crippen LogP contribution in [0.1, 0.15) is 43.2 Å². The van der Waals surface area contributed by atoms with Crippen molar-refractivity contribution in [3.63, 3.8) is 0 Å². The van der Waals surface area contributed by atoms with Gasteiger partial charge < -0.3 is 9.47 Å². The van der Waals surface area contributed by atoms with Gasteiger partial charge in [0.15, 0.2) is 0 Å². The summed E-state index contributed by atoms with van der Waals surface area (Å²) in [5.74, 6) is 2.94. The summed E-state index contributed by atoms with van der Waals surface area (Å²) >= 11 is 0. The van der Waals surface area contributed by atoms with Gasteiger partial charge in [0.2, 0.25) is 10.0 Å². The highest BCUT2D eigenvalue weighted by Gasteiger charge is 2.57. The van der Waals surface area contributed by atoms with Crippen LogP contribution in [0.5, 0.6) is 5.75 Å². The molecule has 0 saturated heterocycles. The first kappa shape index (κ1) is 19.2. The number of sulfonamides is 1. The average Bonchev–Trinajstić information content (AvgIpc) is 2.63. The van der Waals surface area contributed by atoms with E-state index in [9.17, 15) is 8.42 Å². The molecule has 27 heavy (non-hydrogen) atoms. The Hall–Kier alpha value is -1.11. The van der Waals surface area contributed by atoms with Crippen LogP contribution in [0.15, 0.2) is 17.0 Å². The topological polar surface area (TPSA) is 64.6 Å². The summed E-state index contributed by atoms with van der Waals surface area (Å²) in [6.45, 7) is 4.22. The molecule has 4 aliphatic carbocycles. The van der Waals surface area contributed by atoms with Crippen molar-refractivity contribution in [2.24, 2.45) is 23.7 Å². The maximum absolute atomic E-state index is 13.1. The van der Waals surface area contributed by atoms with Crippen LogP contribution in [0.4, 0.5) is 0 Å². The van der Waals surface area contributed by atoms with E-state index in [1.165, 1.54) is 39.2 Å². The quantitative estimate of drug-likeness (QED) is 0.804. The summed E-state index contributed by atoms with van der Waals surface area (Å²) in [5, 5.41) is 0. The molecule has 1 aromatic rings. The van der Waals surface area contributed by atoms with E-state index in [2.05, 4.69) is 4.72 Å². The smallest absolute Gasteiger partial charge is 0.244 e. The third kappa shape index (κ3) is 3.10. The molecular weight excluding hydrogens is 362 g/mol. The number of hydrogen-bond donors (Lipinski definition) is 1. The standard InChI is InChI=1S/C21H31NO4S/c1-13-5-19(25-3)20(6-14(13)2)27(23,24)22-12-21(26-4)17-8-15-7-16(10-17)11-18(21)9-15/h5-6,15-18,22H,7-12H2,1-4H3. The van der Waals surface area contributed by atoms with E-state index in [4.69, 9.17) is 9.47 Å². The third-order valence-corrected chi connectivity index (χ3v) is 8.93. The van der Waals surface area contributed by atoms with Crippen molar-refractivity contribution < 1.29 is 17.9 Å². The minimum atomic E-state index is -3.68. The molecule has 0 spiro atoms. The summed E-state index contributed by atoms with van der Waals surface area (Å²) in [4.78, 5) is 0.211. The van der Waals surface area contributed by atoms with Gasteiger partial charge in [-0.15, -0.1) is 0 Å². The van der Waals surface area contributed by atoms with E-state index >= 15 is 0 Å². The van der Waals surface area contributed by atoms with E-state index in [1.54, 1.807) is 19.2 Å². The Balaban J connectivity index is 1.60. The minimum Gasteiger partial charge on any atom is -0.495 e. The fraction of sp³-hybridized carbons (Fsp3) is 0.714. The molecule has 150 valence electrons. The van der Waals surface area contributed by atoms with Gasteiger partial charge in [-0.25, -0.2) is 13.1 Å². The number of ether oxygens (including phenoxy) is 2. The van der Waals surface area contributed by atoms with Crippen LogP contribution in [0.3, 0.4) is 0 Å². The number of methoxy groups -OCH3 is 2. The Morgan fingerprint density at radius 2 is 1.56 bits per heavy atom. The Labute approximate surface area is 162 Å². The number of nitrogens with one attached hydrogen (secondary N) is 1. The van der Waals surface area contributed by atoms with Crippen molar-refractivity contribution in [1.29, 1.82) is 0 Å². The van der Waals surface area contributed by atoms with Crippen molar-refractivity contribution in [2.75, 3.05) is 20.8 Å². The second kappa shape index (κ2) is 6.75. The first-order chi connectivity index (χ1) is 12.8. The molecule has 0 unspecified atom stereocenters. The molecule has 0 heterocycles. The van der Waals surface area contributed by atoms with Crippen LogP contribution >= 0.6 is 0 Å². The summed E-state index contributed by atoms with van der Waals surface area (Å²) in [6, 6.07) is 3.49. The molecule has 1 N–H and O–H groups in total. The molecule has 5 rings (SSSR count). The first-order valence-corrected chi connectivity index (χ1v) is 11.5. The van der Waals surface area contributed by atoms with E-state index in [1.807, 2.05) is 13.8 Å². The lowest BCUT2D eigenvalue weighted by Crippen LogP contribution is -2.63. The Bertz CT molecular complexity index is 805. The van der Waals surface area contributed by atoms with Crippen molar-refractivity contribution in [2.45, 2.75) is 56.4 Å². The fourth-order valence-corrected chi connectivity index (χ4v) is 7.40. The van der Waals surface area contributed by atoms with Gasteiger partial charge in [0.1, 0.15) is 10.6 Å². The molecule has 5 nitrogen and oxygen atoms in total. The lowest BCUT2D eigenvalue weighted by atomic mass is 9.50. The molecule has 4 bridgehead atoms. The highest BCUT2D eigenvalue weighted by Crippen LogP contribution is 2.59. The molecule has 6 heteroatoms. The molecule has 4 fully saturated rings. The first-order valence-electron chi connectivity index (χ1n) is 9.99. The van der Waals surface area contributed by atoms with Crippen LogP contribution in [-0.4, -0.2) is 34.8 Å².